The Kier molecular flexibility index (Phi) is 11.4. The Bertz CT molecular complexity index is 1040. The Balaban J connectivity index is 2.06. The fourth-order valence-electron chi connectivity index (χ4n) is 3.50. The van der Waals surface area contributed by atoms with Gasteiger partial charge in [-0.25, -0.2) is 4.98 Å². The number of hydrogen-bond donors (Lipinski definition) is 0. The minimum Gasteiger partial charge on any atom is -0.493 e. The van der Waals surface area contributed by atoms with Crippen molar-refractivity contribution in [1.82, 2.24) is 4.98 Å². The van der Waals surface area contributed by atoms with Crippen LogP contribution in [0, 0.1) is 17.8 Å². The molecule has 1 heterocycles. The molecule has 0 fully saturated rings. The van der Waals surface area contributed by atoms with Crippen molar-refractivity contribution in [1.29, 1.82) is 0 Å². The van der Waals surface area contributed by atoms with Crippen LogP contribution in [0.15, 0.2) is 42.6 Å². The van der Waals surface area contributed by atoms with Gasteiger partial charge in [-0.15, -0.1) is 0 Å². The van der Waals surface area contributed by atoms with Crippen LogP contribution in [0.5, 0.6) is 17.2 Å². The number of carbonyl (C=O) groups excluding carboxylic acids is 3. The summed E-state index contributed by atoms with van der Waals surface area (Å²) in [6.45, 7) is 10.3. The Morgan fingerprint density at radius 2 is 1.59 bits per heavy atom. The van der Waals surface area contributed by atoms with Gasteiger partial charge in [-0.3, -0.25) is 14.4 Å². The molecule has 0 radical (unpaired) electrons. The Morgan fingerprint density at radius 3 is 2.19 bits per heavy atom. The number of Topliss-reactive ketones (excluding diaryl/α,β-unsaturated/α-hetero) is 1. The summed E-state index contributed by atoms with van der Waals surface area (Å²) in [5.74, 6) is -1.45. The van der Waals surface area contributed by atoms with Crippen LogP contribution < -0.4 is 14.2 Å². The van der Waals surface area contributed by atoms with E-state index < -0.39 is 36.5 Å². The Morgan fingerprint density at radius 1 is 0.919 bits per heavy atom. The topological polar surface area (TPSA) is 110 Å². The van der Waals surface area contributed by atoms with Crippen molar-refractivity contribution in [2.75, 3.05) is 13.9 Å². The van der Waals surface area contributed by atoms with E-state index in [0.717, 1.165) is 0 Å². The van der Waals surface area contributed by atoms with Gasteiger partial charge >= 0.3 is 11.9 Å². The van der Waals surface area contributed by atoms with Gasteiger partial charge in [-0.2, -0.15) is 0 Å². The molecule has 0 unspecified atom stereocenters. The predicted molar refractivity (Wildman–Crippen MR) is 137 cm³/mol. The smallest absolute Gasteiger partial charge is 0.311 e. The van der Waals surface area contributed by atoms with Crippen molar-refractivity contribution in [3.05, 3.63) is 48.3 Å². The lowest BCUT2D eigenvalue weighted by atomic mass is 10.0. The Labute approximate surface area is 218 Å². The van der Waals surface area contributed by atoms with Gasteiger partial charge < -0.3 is 23.7 Å². The molecule has 3 atom stereocenters. The van der Waals surface area contributed by atoms with E-state index in [2.05, 4.69) is 4.98 Å². The molecule has 37 heavy (non-hydrogen) atoms. The highest BCUT2D eigenvalue weighted by molar-refractivity contribution is 5.99. The SMILES string of the molecule is COc1ccnc(C(=O)C[C@@H](C)C(=O)O[C@@H](C)[C@H](Oc2ccccc2)C(C)C)c1OCOC(=O)C(C)C. The summed E-state index contributed by atoms with van der Waals surface area (Å²) < 4.78 is 27.6. The number of nitrogens with zero attached hydrogens (tertiary/aromatic N) is 1. The van der Waals surface area contributed by atoms with Crippen molar-refractivity contribution < 1.29 is 38.1 Å². The average Bonchev–Trinajstić information content (AvgIpc) is 2.87. The van der Waals surface area contributed by atoms with E-state index in [9.17, 15) is 14.4 Å². The number of carbonyl (C=O) groups is 3. The summed E-state index contributed by atoms with van der Waals surface area (Å²) in [4.78, 5) is 41.8. The van der Waals surface area contributed by atoms with Crippen molar-refractivity contribution >= 4 is 17.7 Å². The van der Waals surface area contributed by atoms with E-state index in [1.807, 2.05) is 44.2 Å². The van der Waals surface area contributed by atoms with Crippen LogP contribution in [-0.2, 0) is 19.1 Å². The molecule has 0 spiro atoms. The molecule has 0 aliphatic heterocycles. The minimum atomic E-state index is -0.751. The molecule has 1 aromatic heterocycles. The second kappa shape index (κ2) is 14.2. The van der Waals surface area contributed by atoms with Gasteiger partial charge in [0.05, 0.1) is 18.9 Å². The summed E-state index contributed by atoms with van der Waals surface area (Å²) in [6.07, 6.45) is 0.315. The molecule has 2 rings (SSSR count). The quantitative estimate of drug-likeness (QED) is 0.198. The summed E-state index contributed by atoms with van der Waals surface area (Å²) in [6, 6.07) is 10.8. The molecule has 1 aromatic carbocycles. The van der Waals surface area contributed by atoms with E-state index in [4.69, 9.17) is 23.7 Å². The molecule has 9 heteroatoms. The third kappa shape index (κ3) is 8.77. The lowest BCUT2D eigenvalue weighted by Gasteiger charge is -2.29. The lowest BCUT2D eigenvalue weighted by Crippen LogP contribution is -2.38. The first-order valence-corrected chi connectivity index (χ1v) is 12.3. The van der Waals surface area contributed by atoms with E-state index in [0.29, 0.717) is 5.75 Å². The fourth-order valence-corrected chi connectivity index (χ4v) is 3.50. The second-order valence-electron chi connectivity index (χ2n) is 9.38. The summed E-state index contributed by atoms with van der Waals surface area (Å²) in [5.41, 5.74) is -0.0277. The highest BCUT2D eigenvalue weighted by Crippen LogP contribution is 2.31. The second-order valence-corrected chi connectivity index (χ2v) is 9.38. The minimum absolute atomic E-state index is 0.0277. The van der Waals surface area contributed by atoms with Crippen LogP contribution >= 0.6 is 0 Å². The number of ether oxygens (including phenoxy) is 5. The van der Waals surface area contributed by atoms with Crippen molar-refractivity contribution in [2.45, 2.75) is 60.2 Å². The van der Waals surface area contributed by atoms with Crippen LogP contribution in [0.2, 0.25) is 0 Å². The standard InChI is InChI=1S/C28H37NO8/c1-17(2)25(37-21-11-9-8-10-12-21)20(6)36-28(32)19(5)15-22(30)24-26(23(33-7)13-14-29-24)34-16-35-27(31)18(3)4/h8-14,17-20,25H,15-16H2,1-7H3/t19-,20+,25-/m1/s1. The van der Waals surface area contributed by atoms with Gasteiger partial charge in [0.25, 0.3) is 0 Å². The van der Waals surface area contributed by atoms with E-state index >= 15 is 0 Å². The number of para-hydroxylation sites is 1. The number of hydrogen-bond acceptors (Lipinski definition) is 9. The molecular formula is C28H37NO8. The van der Waals surface area contributed by atoms with Gasteiger partial charge in [0.1, 0.15) is 18.0 Å². The van der Waals surface area contributed by atoms with Gasteiger partial charge in [0.15, 0.2) is 23.0 Å². The highest BCUT2D eigenvalue weighted by atomic mass is 16.7. The normalized spacial score (nSPS) is 13.4. The summed E-state index contributed by atoms with van der Waals surface area (Å²) in [5, 5.41) is 0. The Hall–Kier alpha value is -3.62. The molecule has 0 bridgehead atoms. The summed E-state index contributed by atoms with van der Waals surface area (Å²) >= 11 is 0. The number of esters is 2. The van der Waals surface area contributed by atoms with Gasteiger partial charge in [-0.05, 0) is 25.0 Å². The number of pyridine rings is 1. The van der Waals surface area contributed by atoms with Crippen LogP contribution in [0.25, 0.3) is 0 Å². The molecule has 9 nitrogen and oxygen atoms in total. The maximum absolute atomic E-state index is 13.1. The molecule has 0 aliphatic rings. The monoisotopic (exact) mass is 515 g/mol. The van der Waals surface area contributed by atoms with Crippen LogP contribution in [-0.4, -0.2) is 48.8 Å². The average molecular weight is 516 g/mol. The maximum Gasteiger partial charge on any atom is 0.311 e. The first-order valence-electron chi connectivity index (χ1n) is 12.3. The van der Waals surface area contributed by atoms with Gasteiger partial charge in [0, 0.05) is 18.7 Å². The van der Waals surface area contributed by atoms with Crippen molar-refractivity contribution in [3.63, 3.8) is 0 Å². The molecule has 0 amide bonds. The lowest BCUT2D eigenvalue weighted by molar-refractivity contribution is -0.158. The molecule has 0 aliphatic carbocycles. The molecule has 202 valence electrons. The first kappa shape index (κ1) is 29.6. The third-order valence-electron chi connectivity index (χ3n) is 5.56. The van der Waals surface area contributed by atoms with Crippen LogP contribution in [0.4, 0.5) is 0 Å². The highest BCUT2D eigenvalue weighted by Gasteiger charge is 2.30. The predicted octanol–water partition coefficient (Wildman–Crippen LogP) is 4.87. The first-order chi connectivity index (χ1) is 17.5. The third-order valence-corrected chi connectivity index (χ3v) is 5.56. The number of rotatable bonds is 14. The van der Waals surface area contributed by atoms with Gasteiger partial charge in [0.2, 0.25) is 6.79 Å². The number of methoxy groups -OCH3 is 1. The van der Waals surface area contributed by atoms with Crippen LogP contribution in [0.3, 0.4) is 0 Å². The fraction of sp³-hybridized carbons (Fsp3) is 0.500. The number of ketones is 1. The van der Waals surface area contributed by atoms with E-state index in [-0.39, 0.29) is 41.6 Å². The van der Waals surface area contributed by atoms with E-state index in [1.165, 1.54) is 19.4 Å². The van der Waals surface area contributed by atoms with Crippen molar-refractivity contribution in [3.8, 4) is 17.2 Å². The van der Waals surface area contributed by atoms with Gasteiger partial charge in [-0.1, -0.05) is 52.8 Å². The zero-order chi connectivity index (χ0) is 27.5. The molecule has 0 saturated carbocycles. The molecule has 0 saturated heterocycles. The van der Waals surface area contributed by atoms with Crippen molar-refractivity contribution in [2.24, 2.45) is 17.8 Å². The molecule has 2 aromatic rings. The van der Waals surface area contributed by atoms with Crippen LogP contribution in [0.1, 0.15) is 58.5 Å². The maximum atomic E-state index is 13.1. The molecular weight excluding hydrogens is 478 g/mol. The van der Waals surface area contributed by atoms with E-state index in [1.54, 1.807) is 27.7 Å². The zero-order valence-corrected chi connectivity index (χ0v) is 22.6. The number of benzene rings is 1. The largest absolute Gasteiger partial charge is 0.493 e. The number of aromatic nitrogens is 1. The zero-order valence-electron chi connectivity index (χ0n) is 22.6. The summed E-state index contributed by atoms with van der Waals surface area (Å²) in [7, 11) is 1.42. The molecule has 0 N–H and O–H groups in total.